The van der Waals surface area contributed by atoms with Gasteiger partial charge in [-0.25, -0.2) is 9.18 Å². The van der Waals surface area contributed by atoms with Gasteiger partial charge in [-0.05, 0) is 36.8 Å². The number of nitrogens with one attached hydrogen (secondary N) is 3. The van der Waals surface area contributed by atoms with Crippen LogP contribution >= 0.6 is 0 Å². The summed E-state index contributed by atoms with van der Waals surface area (Å²) in [6.07, 6.45) is 0. The number of methoxy groups -OCH3 is 3. The average Bonchev–Trinajstić information content (AvgIpc) is 2.73. The van der Waals surface area contributed by atoms with Gasteiger partial charge in [-0.1, -0.05) is 12.1 Å². The van der Waals surface area contributed by atoms with Crippen molar-refractivity contribution >= 4 is 17.6 Å². The number of ether oxygens (including phenoxy) is 3. The molecule has 3 N–H and O–H groups in total. The van der Waals surface area contributed by atoms with E-state index in [-0.39, 0.29) is 11.3 Å². The number of anilines is 1. The Balaban J connectivity index is 2.06. The maximum atomic E-state index is 14.0. The maximum absolute atomic E-state index is 14.0. The van der Waals surface area contributed by atoms with E-state index in [1.54, 1.807) is 25.1 Å². The maximum Gasteiger partial charge on any atom is 0.319 e. The van der Waals surface area contributed by atoms with Crippen LogP contribution in [0, 0.1) is 5.82 Å². The highest BCUT2D eigenvalue weighted by molar-refractivity contribution is 6.06. The molecule has 1 atom stereocenters. The van der Waals surface area contributed by atoms with Crippen molar-refractivity contribution in [3.8, 4) is 17.2 Å². The largest absolute Gasteiger partial charge is 0.493 e. The van der Waals surface area contributed by atoms with Crippen LogP contribution in [0.3, 0.4) is 0 Å². The van der Waals surface area contributed by atoms with E-state index in [4.69, 9.17) is 14.2 Å². The van der Waals surface area contributed by atoms with Crippen LogP contribution in [0.5, 0.6) is 17.2 Å². The van der Waals surface area contributed by atoms with Crippen LogP contribution in [0.15, 0.2) is 47.7 Å². The predicted octanol–water partition coefficient (Wildman–Crippen LogP) is 3.12. The zero-order valence-corrected chi connectivity index (χ0v) is 17.0. The number of rotatable bonds is 6. The first-order valence-corrected chi connectivity index (χ1v) is 9.03. The molecule has 0 unspecified atom stereocenters. The van der Waals surface area contributed by atoms with Crippen molar-refractivity contribution in [2.45, 2.75) is 13.0 Å². The van der Waals surface area contributed by atoms with Gasteiger partial charge in [-0.3, -0.25) is 4.79 Å². The molecular weight excluding hydrogens is 393 g/mol. The molecule has 0 spiro atoms. The smallest absolute Gasteiger partial charge is 0.319 e. The number of hydrogen-bond acceptors (Lipinski definition) is 5. The molecule has 1 aliphatic rings. The molecule has 158 valence electrons. The first-order valence-electron chi connectivity index (χ1n) is 9.03. The van der Waals surface area contributed by atoms with Gasteiger partial charge in [0, 0.05) is 5.70 Å². The van der Waals surface area contributed by atoms with E-state index in [1.807, 2.05) is 0 Å². The highest BCUT2D eigenvalue weighted by Crippen LogP contribution is 2.41. The van der Waals surface area contributed by atoms with Crippen LogP contribution in [-0.4, -0.2) is 33.3 Å². The van der Waals surface area contributed by atoms with Crippen LogP contribution in [0.4, 0.5) is 14.9 Å². The fourth-order valence-corrected chi connectivity index (χ4v) is 3.27. The van der Waals surface area contributed by atoms with E-state index in [9.17, 15) is 14.0 Å². The summed E-state index contributed by atoms with van der Waals surface area (Å²) in [7, 11) is 4.41. The molecule has 3 rings (SSSR count). The van der Waals surface area contributed by atoms with Gasteiger partial charge < -0.3 is 30.2 Å². The Morgan fingerprint density at radius 1 is 1.07 bits per heavy atom. The van der Waals surface area contributed by atoms with Crippen LogP contribution in [0.1, 0.15) is 18.5 Å². The van der Waals surface area contributed by atoms with Gasteiger partial charge in [0.2, 0.25) is 5.75 Å². The molecule has 1 heterocycles. The fourth-order valence-electron chi connectivity index (χ4n) is 3.27. The van der Waals surface area contributed by atoms with E-state index in [0.29, 0.717) is 28.5 Å². The van der Waals surface area contributed by atoms with Gasteiger partial charge in [0.25, 0.3) is 5.91 Å². The molecular formula is C21H22FN3O5. The molecule has 2 aromatic rings. The third kappa shape index (κ3) is 4.00. The number of halogens is 1. The Kier molecular flexibility index (Phi) is 6.10. The van der Waals surface area contributed by atoms with Crippen LogP contribution < -0.4 is 30.2 Å². The summed E-state index contributed by atoms with van der Waals surface area (Å²) < 4.78 is 30.1. The third-order valence-electron chi connectivity index (χ3n) is 4.66. The number of amides is 3. The molecule has 0 radical (unpaired) electrons. The quantitative estimate of drug-likeness (QED) is 0.674. The van der Waals surface area contributed by atoms with Crippen molar-refractivity contribution in [1.82, 2.24) is 10.6 Å². The third-order valence-corrected chi connectivity index (χ3v) is 4.66. The number of carbonyl (C=O) groups is 2. The predicted molar refractivity (Wildman–Crippen MR) is 108 cm³/mol. The summed E-state index contributed by atoms with van der Waals surface area (Å²) in [5.74, 6) is -0.0236. The number of allylic oxidation sites excluding steroid dienone is 1. The fraction of sp³-hybridized carbons (Fsp3) is 0.238. The second kappa shape index (κ2) is 8.73. The molecule has 8 nitrogen and oxygen atoms in total. The van der Waals surface area contributed by atoms with Crippen molar-refractivity contribution in [3.63, 3.8) is 0 Å². The van der Waals surface area contributed by atoms with Crippen molar-refractivity contribution in [1.29, 1.82) is 0 Å². The zero-order valence-electron chi connectivity index (χ0n) is 17.0. The summed E-state index contributed by atoms with van der Waals surface area (Å²) in [4.78, 5) is 25.2. The molecule has 0 saturated carbocycles. The van der Waals surface area contributed by atoms with Crippen LogP contribution in [-0.2, 0) is 4.79 Å². The number of para-hydroxylation sites is 1. The zero-order chi connectivity index (χ0) is 21.8. The first kappa shape index (κ1) is 21.0. The lowest BCUT2D eigenvalue weighted by molar-refractivity contribution is -0.113. The van der Waals surface area contributed by atoms with Gasteiger partial charge in [-0.2, -0.15) is 0 Å². The number of hydrogen-bond donors (Lipinski definition) is 3. The van der Waals surface area contributed by atoms with Gasteiger partial charge >= 0.3 is 6.03 Å². The molecule has 2 aromatic carbocycles. The minimum Gasteiger partial charge on any atom is -0.493 e. The van der Waals surface area contributed by atoms with Gasteiger partial charge in [0.15, 0.2) is 11.5 Å². The number of benzene rings is 2. The SMILES string of the molecule is COc1cc([C@H]2NC(=O)NC(C)=C2C(=O)Nc2ccccc2F)cc(OC)c1OC. The van der Waals surface area contributed by atoms with Crippen molar-refractivity contribution in [2.24, 2.45) is 0 Å². The van der Waals surface area contributed by atoms with E-state index < -0.39 is 23.8 Å². The van der Waals surface area contributed by atoms with E-state index in [0.717, 1.165) is 0 Å². The van der Waals surface area contributed by atoms with Crippen molar-refractivity contribution < 1.29 is 28.2 Å². The Hall–Kier alpha value is -3.75. The lowest BCUT2D eigenvalue weighted by atomic mass is 9.94. The second-order valence-corrected chi connectivity index (χ2v) is 6.46. The Bertz CT molecular complexity index is 996. The summed E-state index contributed by atoms with van der Waals surface area (Å²) in [5.41, 5.74) is 1.11. The van der Waals surface area contributed by atoms with Crippen molar-refractivity contribution in [2.75, 3.05) is 26.6 Å². The van der Waals surface area contributed by atoms with E-state index in [2.05, 4.69) is 16.0 Å². The molecule has 0 fully saturated rings. The molecule has 0 aromatic heterocycles. The van der Waals surface area contributed by atoms with Gasteiger partial charge in [0.05, 0.1) is 38.6 Å². The molecule has 9 heteroatoms. The first-order chi connectivity index (χ1) is 14.4. The van der Waals surface area contributed by atoms with Gasteiger partial charge in [-0.15, -0.1) is 0 Å². The Morgan fingerprint density at radius 2 is 1.70 bits per heavy atom. The monoisotopic (exact) mass is 415 g/mol. The lowest BCUT2D eigenvalue weighted by Gasteiger charge is -2.29. The minimum atomic E-state index is -0.834. The molecule has 0 bridgehead atoms. The summed E-state index contributed by atoms with van der Waals surface area (Å²) >= 11 is 0. The second-order valence-electron chi connectivity index (χ2n) is 6.46. The molecule has 30 heavy (non-hydrogen) atoms. The van der Waals surface area contributed by atoms with E-state index in [1.165, 1.54) is 39.5 Å². The highest BCUT2D eigenvalue weighted by atomic mass is 19.1. The van der Waals surface area contributed by atoms with Crippen LogP contribution in [0.2, 0.25) is 0 Å². The number of urea groups is 1. The molecule has 0 aliphatic carbocycles. The minimum absolute atomic E-state index is 0.0309. The Labute approximate surface area is 173 Å². The average molecular weight is 415 g/mol. The topological polar surface area (TPSA) is 97.9 Å². The lowest BCUT2D eigenvalue weighted by Crippen LogP contribution is -2.46. The highest BCUT2D eigenvalue weighted by Gasteiger charge is 2.33. The standard InChI is InChI=1S/C21H22FN3O5/c1-11-17(20(26)24-14-8-6-5-7-13(14)22)18(25-21(27)23-11)12-9-15(28-2)19(30-4)16(10-12)29-3/h5-10,18H,1-4H3,(H,24,26)(H2,23,25,27)/t18-/m1/s1. The van der Waals surface area contributed by atoms with E-state index >= 15 is 0 Å². The summed E-state index contributed by atoms with van der Waals surface area (Å²) in [6.45, 7) is 1.60. The Morgan fingerprint density at radius 3 is 2.27 bits per heavy atom. The van der Waals surface area contributed by atoms with Crippen LogP contribution in [0.25, 0.3) is 0 Å². The number of carbonyl (C=O) groups excluding carboxylic acids is 2. The van der Waals surface area contributed by atoms with Gasteiger partial charge in [0.1, 0.15) is 5.82 Å². The summed E-state index contributed by atoms with van der Waals surface area (Å²) in [5, 5.41) is 7.85. The molecule has 0 saturated heterocycles. The molecule has 1 aliphatic heterocycles. The summed E-state index contributed by atoms with van der Waals surface area (Å²) in [6, 6.07) is 7.80. The van der Waals surface area contributed by atoms with Crippen molar-refractivity contribution in [3.05, 3.63) is 59.0 Å². The normalized spacial score (nSPS) is 15.8. The molecule has 3 amide bonds.